The molecular weight excluding hydrogens is 234 g/mol. The van der Waals surface area contributed by atoms with Crippen molar-refractivity contribution in [1.82, 2.24) is 15.5 Å². The van der Waals surface area contributed by atoms with E-state index in [1.54, 1.807) is 12.3 Å². The van der Waals surface area contributed by atoms with E-state index in [2.05, 4.69) is 15.5 Å². The molecule has 0 saturated heterocycles. The lowest BCUT2D eigenvalue weighted by Crippen LogP contribution is -2.45. The molecule has 2 rings (SSSR count). The van der Waals surface area contributed by atoms with E-state index >= 15 is 0 Å². The number of H-pyrrole nitrogens is 1. The number of amides is 1. The minimum Gasteiger partial charge on any atom is -0.481 e. The average Bonchev–Trinajstić information content (AvgIpc) is 2.82. The van der Waals surface area contributed by atoms with Crippen molar-refractivity contribution in [2.45, 2.75) is 38.1 Å². The summed E-state index contributed by atoms with van der Waals surface area (Å²) >= 11 is 0. The van der Waals surface area contributed by atoms with Gasteiger partial charge in [-0.15, -0.1) is 0 Å². The van der Waals surface area contributed by atoms with Gasteiger partial charge in [-0.25, -0.2) is 0 Å². The molecule has 1 aromatic heterocycles. The van der Waals surface area contributed by atoms with E-state index in [0.29, 0.717) is 6.42 Å². The summed E-state index contributed by atoms with van der Waals surface area (Å²) in [5.74, 6) is -1.43. The zero-order valence-corrected chi connectivity index (χ0v) is 10.1. The lowest BCUT2D eigenvalue weighted by molar-refractivity contribution is -0.144. The number of carboxylic acids is 1. The van der Waals surface area contributed by atoms with Gasteiger partial charge < -0.3 is 10.4 Å². The quantitative estimate of drug-likeness (QED) is 0.734. The molecule has 0 bridgehead atoms. The summed E-state index contributed by atoms with van der Waals surface area (Å²) in [4.78, 5) is 22.9. The van der Waals surface area contributed by atoms with E-state index in [1.165, 1.54) is 0 Å². The maximum atomic E-state index is 11.8. The van der Waals surface area contributed by atoms with Gasteiger partial charge >= 0.3 is 5.97 Å². The third-order valence-electron chi connectivity index (χ3n) is 3.34. The Bertz CT molecular complexity index is 416. The number of carbonyl (C=O) groups excluding carboxylic acids is 1. The van der Waals surface area contributed by atoms with Crippen molar-refractivity contribution < 1.29 is 14.7 Å². The van der Waals surface area contributed by atoms with E-state index in [1.807, 2.05) is 0 Å². The first-order chi connectivity index (χ1) is 8.66. The largest absolute Gasteiger partial charge is 0.481 e. The van der Waals surface area contributed by atoms with E-state index in [4.69, 9.17) is 5.11 Å². The molecule has 1 fully saturated rings. The highest BCUT2D eigenvalue weighted by Crippen LogP contribution is 2.24. The van der Waals surface area contributed by atoms with Gasteiger partial charge in [-0.3, -0.25) is 14.7 Å². The van der Waals surface area contributed by atoms with Gasteiger partial charge in [0.25, 0.3) is 0 Å². The van der Waals surface area contributed by atoms with Crippen molar-refractivity contribution >= 4 is 11.9 Å². The molecule has 0 aliphatic heterocycles. The molecule has 0 spiro atoms. The van der Waals surface area contributed by atoms with Crippen LogP contribution in [0.3, 0.4) is 0 Å². The SMILES string of the molecule is O=C(Cc1ccn[nH]1)NC1CCCCC1C(=O)O. The van der Waals surface area contributed by atoms with Gasteiger partial charge in [-0.2, -0.15) is 5.10 Å². The van der Waals surface area contributed by atoms with Crippen molar-refractivity contribution in [1.29, 1.82) is 0 Å². The Kier molecular flexibility index (Phi) is 3.96. The van der Waals surface area contributed by atoms with Crippen LogP contribution in [0.4, 0.5) is 0 Å². The highest BCUT2D eigenvalue weighted by molar-refractivity contribution is 5.79. The van der Waals surface area contributed by atoms with Crippen LogP contribution in [0.1, 0.15) is 31.4 Å². The van der Waals surface area contributed by atoms with Crippen LogP contribution >= 0.6 is 0 Å². The van der Waals surface area contributed by atoms with Crippen molar-refractivity contribution in [3.8, 4) is 0 Å². The summed E-state index contributed by atoms with van der Waals surface area (Å²) in [6.45, 7) is 0. The lowest BCUT2D eigenvalue weighted by atomic mass is 9.84. The summed E-state index contributed by atoms with van der Waals surface area (Å²) in [7, 11) is 0. The van der Waals surface area contributed by atoms with Crippen LogP contribution in [0.25, 0.3) is 0 Å². The smallest absolute Gasteiger partial charge is 0.308 e. The summed E-state index contributed by atoms with van der Waals surface area (Å²) in [5.41, 5.74) is 0.732. The lowest BCUT2D eigenvalue weighted by Gasteiger charge is -2.29. The summed E-state index contributed by atoms with van der Waals surface area (Å²) in [6.07, 6.45) is 5.07. The summed E-state index contributed by atoms with van der Waals surface area (Å²) in [5, 5.41) is 18.4. The molecule has 1 heterocycles. The molecule has 6 nitrogen and oxygen atoms in total. The number of aromatic nitrogens is 2. The Morgan fingerprint density at radius 3 is 2.89 bits per heavy atom. The second-order valence-electron chi connectivity index (χ2n) is 4.66. The Hall–Kier alpha value is -1.85. The fraction of sp³-hybridized carbons (Fsp3) is 0.583. The normalized spacial score (nSPS) is 23.6. The van der Waals surface area contributed by atoms with Gasteiger partial charge in [0.15, 0.2) is 0 Å². The van der Waals surface area contributed by atoms with Gasteiger partial charge in [-0.05, 0) is 18.9 Å². The maximum absolute atomic E-state index is 11.8. The second-order valence-corrected chi connectivity index (χ2v) is 4.66. The molecule has 98 valence electrons. The molecule has 6 heteroatoms. The number of aromatic amines is 1. The molecule has 0 radical (unpaired) electrons. The number of rotatable bonds is 4. The molecule has 1 aliphatic rings. The van der Waals surface area contributed by atoms with Gasteiger partial charge in [0.2, 0.25) is 5.91 Å². The molecular formula is C12H17N3O3. The van der Waals surface area contributed by atoms with Crippen LogP contribution in [0, 0.1) is 5.92 Å². The third-order valence-corrected chi connectivity index (χ3v) is 3.34. The zero-order chi connectivity index (χ0) is 13.0. The molecule has 2 unspecified atom stereocenters. The number of hydrogen-bond donors (Lipinski definition) is 3. The van der Waals surface area contributed by atoms with Crippen LogP contribution in [0.2, 0.25) is 0 Å². The monoisotopic (exact) mass is 251 g/mol. The molecule has 0 aromatic carbocycles. The van der Waals surface area contributed by atoms with E-state index in [-0.39, 0.29) is 18.4 Å². The predicted molar refractivity (Wildman–Crippen MR) is 63.8 cm³/mol. The van der Waals surface area contributed by atoms with Crippen molar-refractivity contribution in [3.63, 3.8) is 0 Å². The number of carbonyl (C=O) groups is 2. The van der Waals surface area contributed by atoms with Crippen LogP contribution in [0.15, 0.2) is 12.3 Å². The predicted octanol–water partition coefficient (Wildman–Crippen LogP) is 0.712. The first-order valence-electron chi connectivity index (χ1n) is 6.17. The molecule has 1 aromatic rings. The van der Waals surface area contributed by atoms with Gasteiger partial charge in [-0.1, -0.05) is 12.8 Å². The fourth-order valence-corrected chi connectivity index (χ4v) is 2.41. The van der Waals surface area contributed by atoms with Crippen LogP contribution in [-0.4, -0.2) is 33.2 Å². The van der Waals surface area contributed by atoms with Gasteiger partial charge in [0, 0.05) is 17.9 Å². The number of aliphatic carboxylic acids is 1. The van der Waals surface area contributed by atoms with Crippen LogP contribution in [-0.2, 0) is 16.0 Å². The van der Waals surface area contributed by atoms with Gasteiger partial charge in [0.05, 0.1) is 12.3 Å². The highest BCUT2D eigenvalue weighted by atomic mass is 16.4. The fourth-order valence-electron chi connectivity index (χ4n) is 2.41. The standard InChI is InChI=1S/C12H17N3O3/c16-11(7-8-5-6-13-15-8)14-10-4-2-1-3-9(10)12(17)18/h5-6,9-10H,1-4,7H2,(H,13,15)(H,14,16)(H,17,18). The maximum Gasteiger partial charge on any atom is 0.308 e. The Labute approximate surface area is 105 Å². The van der Waals surface area contributed by atoms with Crippen molar-refractivity contribution in [2.75, 3.05) is 0 Å². The number of nitrogens with one attached hydrogen (secondary N) is 2. The molecule has 1 aliphatic carbocycles. The number of carboxylic acid groups (broad SMARTS) is 1. The second kappa shape index (κ2) is 5.66. The molecule has 1 amide bonds. The van der Waals surface area contributed by atoms with E-state index < -0.39 is 11.9 Å². The topological polar surface area (TPSA) is 95.1 Å². The van der Waals surface area contributed by atoms with E-state index in [9.17, 15) is 9.59 Å². The summed E-state index contributed by atoms with van der Waals surface area (Å²) in [6, 6.07) is 1.49. The zero-order valence-electron chi connectivity index (χ0n) is 10.1. The van der Waals surface area contributed by atoms with Gasteiger partial charge in [0.1, 0.15) is 0 Å². The number of nitrogens with zero attached hydrogens (tertiary/aromatic N) is 1. The number of hydrogen-bond acceptors (Lipinski definition) is 3. The van der Waals surface area contributed by atoms with Crippen LogP contribution in [0.5, 0.6) is 0 Å². The minimum atomic E-state index is -0.818. The first kappa shape index (κ1) is 12.6. The Morgan fingerprint density at radius 1 is 1.44 bits per heavy atom. The van der Waals surface area contributed by atoms with Crippen molar-refractivity contribution in [3.05, 3.63) is 18.0 Å². The third kappa shape index (κ3) is 3.09. The Balaban J connectivity index is 1.90. The average molecular weight is 251 g/mol. The van der Waals surface area contributed by atoms with E-state index in [0.717, 1.165) is 25.0 Å². The van der Waals surface area contributed by atoms with Crippen molar-refractivity contribution in [2.24, 2.45) is 5.92 Å². The molecule has 2 atom stereocenters. The molecule has 18 heavy (non-hydrogen) atoms. The van der Waals surface area contributed by atoms with Crippen LogP contribution < -0.4 is 5.32 Å². The Morgan fingerprint density at radius 2 is 2.22 bits per heavy atom. The highest BCUT2D eigenvalue weighted by Gasteiger charge is 2.31. The minimum absolute atomic E-state index is 0.155. The first-order valence-corrected chi connectivity index (χ1v) is 6.17. The molecule has 1 saturated carbocycles. The molecule has 3 N–H and O–H groups in total. The summed E-state index contributed by atoms with van der Waals surface area (Å²) < 4.78 is 0.